The summed E-state index contributed by atoms with van der Waals surface area (Å²) in [5.41, 5.74) is 1.08. The third-order valence-electron chi connectivity index (χ3n) is 3.90. The van der Waals surface area contributed by atoms with Gasteiger partial charge >= 0.3 is 0 Å². The lowest BCUT2D eigenvalue weighted by Crippen LogP contribution is -2.17. The molecule has 0 radical (unpaired) electrons. The molecule has 1 aliphatic heterocycles. The number of rotatable bonds is 7. The molecule has 102 valence electrons. The van der Waals surface area contributed by atoms with Crippen LogP contribution in [0.3, 0.4) is 0 Å². The molecule has 2 aliphatic rings. The summed E-state index contributed by atoms with van der Waals surface area (Å²) < 4.78 is 10.7. The van der Waals surface area contributed by atoms with Gasteiger partial charge in [-0.15, -0.1) is 0 Å². The van der Waals surface area contributed by atoms with Crippen LogP contribution in [0.2, 0.25) is 0 Å². The Morgan fingerprint density at radius 2 is 2.00 bits per heavy atom. The standard InChI is InChI=1S/C16H20O3/c17-14(8-12-2-1-3-12)9-13-4-6-15(7-5-13)18-10-16-11-19-16/h4-7,12,16H,1-3,8-11H2. The molecule has 0 bridgehead atoms. The molecule has 19 heavy (non-hydrogen) atoms. The first kappa shape index (κ1) is 12.7. The van der Waals surface area contributed by atoms with Crippen LogP contribution in [-0.2, 0) is 16.0 Å². The number of carbonyl (C=O) groups is 1. The molecule has 0 spiro atoms. The van der Waals surface area contributed by atoms with Crippen LogP contribution in [0.1, 0.15) is 31.2 Å². The van der Waals surface area contributed by atoms with E-state index in [9.17, 15) is 4.79 Å². The van der Waals surface area contributed by atoms with Crippen LogP contribution in [0.25, 0.3) is 0 Å². The number of ketones is 1. The third-order valence-corrected chi connectivity index (χ3v) is 3.90. The Kier molecular flexibility index (Phi) is 3.83. The third kappa shape index (κ3) is 3.80. The predicted octanol–water partition coefficient (Wildman–Crippen LogP) is 2.77. The van der Waals surface area contributed by atoms with Crippen molar-refractivity contribution in [2.75, 3.05) is 13.2 Å². The second-order valence-electron chi connectivity index (χ2n) is 5.63. The second kappa shape index (κ2) is 5.74. The van der Waals surface area contributed by atoms with E-state index < -0.39 is 0 Å². The lowest BCUT2D eigenvalue weighted by atomic mass is 9.81. The van der Waals surface area contributed by atoms with Crippen molar-refractivity contribution in [2.24, 2.45) is 5.92 Å². The Morgan fingerprint density at radius 1 is 1.26 bits per heavy atom. The van der Waals surface area contributed by atoms with Crippen LogP contribution in [0, 0.1) is 5.92 Å². The SMILES string of the molecule is O=C(Cc1ccc(OCC2CO2)cc1)CC1CCC1. The topological polar surface area (TPSA) is 38.8 Å². The lowest BCUT2D eigenvalue weighted by Gasteiger charge is -2.24. The van der Waals surface area contributed by atoms with Crippen molar-refractivity contribution < 1.29 is 14.3 Å². The van der Waals surface area contributed by atoms with Gasteiger partial charge in [-0.25, -0.2) is 0 Å². The number of epoxide rings is 1. The zero-order valence-corrected chi connectivity index (χ0v) is 11.1. The Balaban J connectivity index is 1.45. The number of ether oxygens (including phenoxy) is 2. The van der Waals surface area contributed by atoms with Crippen molar-refractivity contribution in [3.63, 3.8) is 0 Å². The highest BCUT2D eigenvalue weighted by atomic mass is 16.6. The smallest absolute Gasteiger partial charge is 0.137 e. The predicted molar refractivity (Wildman–Crippen MR) is 72.3 cm³/mol. The molecule has 2 fully saturated rings. The summed E-state index contributed by atoms with van der Waals surface area (Å²) in [5.74, 6) is 1.88. The number of benzene rings is 1. The normalized spacial score (nSPS) is 21.8. The molecule has 1 aliphatic carbocycles. The first-order valence-corrected chi connectivity index (χ1v) is 7.14. The summed E-state index contributed by atoms with van der Waals surface area (Å²) in [7, 11) is 0. The highest BCUT2D eigenvalue weighted by molar-refractivity contribution is 5.81. The molecule has 1 unspecified atom stereocenters. The minimum atomic E-state index is 0.281. The minimum absolute atomic E-state index is 0.281. The molecule has 1 atom stereocenters. The van der Waals surface area contributed by atoms with Gasteiger partial charge in [-0.2, -0.15) is 0 Å². The summed E-state index contributed by atoms with van der Waals surface area (Å²) in [6.07, 6.45) is 5.38. The molecule has 3 heteroatoms. The second-order valence-corrected chi connectivity index (χ2v) is 5.63. The van der Waals surface area contributed by atoms with Gasteiger partial charge in [-0.05, 0) is 23.6 Å². The Bertz CT molecular complexity index is 430. The average molecular weight is 260 g/mol. The maximum Gasteiger partial charge on any atom is 0.137 e. The van der Waals surface area contributed by atoms with E-state index in [4.69, 9.17) is 9.47 Å². The highest BCUT2D eigenvalue weighted by Gasteiger charge is 2.23. The molecule has 0 amide bonds. The maximum atomic E-state index is 11.9. The number of carbonyl (C=O) groups excluding carboxylic acids is 1. The summed E-state index contributed by atoms with van der Waals surface area (Å²) in [5, 5.41) is 0. The minimum Gasteiger partial charge on any atom is -0.491 e. The van der Waals surface area contributed by atoms with Crippen LogP contribution in [-0.4, -0.2) is 25.1 Å². The van der Waals surface area contributed by atoms with Gasteiger partial charge in [-0.3, -0.25) is 4.79 Å². The van der Waals surface area contributed by atoms with Gasteiger partial charge in [0.2, 0.25) is 0 Å². The van der Waals surface area contributed by atoms with Crippen LogP contribution >= 0.6 is 0 Å². The molecule has 3 nitrogen and oxygen atoms in total. The first-order valence-electron chi connectivity index (χ1n) is 7.14. The fraction of sp³-hybridized carbons (Fsp3) is 0.562. The van der Waals surface area contributed by atoms with Crippen LogP contribution in [0.4, 0.5) is 0 Å². The molecular formula is C16H20O3. The van der Waals surface area contributed by atoms with Gasteiger partial charge < -0.3 is 9.47 Å². The largest absolute Gasteiger partial charge is 0.491 e. The monoisotopic (exact) mass is 260 g/mol. The Labute approximate surface area is 113 Å². The van der Waals surface area contributed by atoms with E-state index in [1.54, 1.807) is 0 Å². The van der Waals surface area contributed by atoms with Gasteiger partial charge in [0.05, 0.1) is 6.61 Å². The van der Waals surface area contributed by atoms with Crippen LogP contribution < -0.4 is 4.74 Å². The Hall–Kier alpha value is -1.35. The quantitative estimate of drug-likeness (QED) is 0.708. The summed E-state index contributed by atoms with van der Waals surface area (Å²) in [6, 6.07) is 7.85. The summed E-state index contributed by atoms with van der Waals surface area (Å²) in [4.78, 5) is 11.9. The summed E-state index contributed by atoms with van der Waals surface area (Å²) in [6.45, 7) is 1.44. The average Bonchev–Trinajstić information content (AvgIpc) is 3.17. The van der Waals surface area contributed by atoms with E-state index in [0.29, 0.717) is 24.7 Å². The number of hydrogen-bond donors (Lipinski definition) is 0. The fourth-order valence-corrected chi connectivity index (χ4v) is 2.38. The van der Waals surface area contributed by atoms with E-state index in [2.05, 4.69) is 0 Å². The van der Waals surface area contributed by atoms with E-state index in [1.165, 1.54) is 19.3 Å². The first-order chi connectivity index (χ1) is 9.29. The van der Waals surface area contributed by atoms with Crippen molar-refractivity contribution in [3.05, 3.63) is 29.8 Å². The van der Waals surface area contributed by atoms with Crippen LogP contribution in [0.15, 0.2) is 24.3 Å². The van der Waals surface area contributed by atoms with Crippen molar-refractivity contribution >= 4 is 5.78 Å². The molecule has 1 heterocycles. The zero-order chi connectivity index (χ0) is 13.1. The van der Waals surface area contributed by atoms with Crippen molar-refractivity contribution in [2.45, 2.75) is 38.2 Å². The highest BCUT2D eigenvalue weighted by Crippen LogP contribution is 2.29. The summed E-state index contributed by atoms with van der Waals surface area (Å²) >= 11 is 0. The zero-order valence-electron chi connectivity index (χ0n) is 11.1. The van der Waals surface area contributed by atoms with Crippen LogP contribution in [0.5, 0.6) is 5.75 Å². The molecule has 0 aromatic heterocycles. The van der Waals surface area contributed by atoms with E-state index in [-0.39, 0.29) is 6.10 Å². The number of hydrogen-bond acceptors (Lipinski definition) is 3. The molecule has 1 aromatic carbocycles. The molecule has 1 saturated heterocycles. The maximum absolute atomic E-state index is 11.9. The number of Topliss-reactive ketones (excluding diaryl/α,β-unsaturated/α-hetero) is 1. The van der Waals surface area contributed by atoms with E-state index in [0.717, 1.165) is 24.3 Å². The van der Waals surface area contributed by atoms with Crippen molar-refractivity contribution in [1.29, 1.82) is 0 Å². The van der Waals surface area contributed by atoms with Crippen molar-refractivity contribution in [3.8, 4) is 5.75 Å². The van der Waals surface area contributed by atoms with Gasteiger partial charge in [0, 0.05) is 12.8 Å². The Morgan fingerprint density at radius 3 is 2.58 bits per heavy atom. The van der Waals surface area contributed by atoms with E-state index in [1.807, 2.05) is 24.3 Å². The van der Waals surface area contributed by atoms with E-state index >= 15 is 0 Å². The lowest BCUT2D eigenvalue weighted by molar-refractivity contribution is -0.119. The fourth-order valence-electron chi connectivity index (χ4n) is 2.38. The van der Waals surface area contributed by atoms with Gasteiger partial charge in [0.25, 0.3) is 0 Å². The molecule has 1 saturated carbocycles. The van der Waals surface area contributed by atoms with Gasteiger partial charge in [-0.1, -0.05) is 31.4 Å². The van der Waals surface area contributed by atoms with Crippen molar-refractivity contribution in [1.82, 2.24) is 0 Å². The van der Waals surface area contributed by atoms with Gasteiger partial charge in [0.15, 0.2) is 0 Å². The molecule has 1 aromatic rings. The molecule has 3 rings (SSSR count). The molecular weight excluding hydrogens is 240 g/mol. The molecule has 0 N–H and O–H groups in total. The van der Waals surface area contributed by atoms with Gasteiger partial charge in [0.1, 0.15) is 24.2 Å².